The second kappa shape index (κ2) is 6.01. The van der Waals surface area contributed by atoms with Crippen LogP contribution in [0.5, 0.6) is 0 Å². The number of hydrogen-bond acceptors (Lipinski definition) is 2. The molecule has 0 saturated carbocycles. The van der Waals surface area contributed by atoms with Crippen molar-refractivity contribution in [1.82, 2.24) is 0 Å². The van der Waals surface area contributed by atoms with Crippen LogP contribution in [0.2, 0.25) is 0 Å². The summed E-state index contributed by atoms with van der Waals surface area (Å²) < 4.78 is 5.37. The van der Waals surface area contributed by atoms with Crippen LogP contribution in [-0.4, -0.2) is 24.4 Å². The highest BCUT2D eigenvalue weighted by molar-refractivity contribution is 5.07. The third kappa shape index (κ3) is 3.82. The highest BCUT2D eigenvalue weighted by Crippen LogP contribution is 2.33. The molecule has 1 fully saturated rings. The molecule has 17 heavy (non-hydrogen) atoms. The third-order valence-corrected chi connectivity index (χ3v) is 4.29. The molecule has 2 heteroatoms. The predicted octanol–water partition coefficient (Wildman–Crippen LogP) is 3.16. The van der Waals surface area contributed by atoms with E-state index in [0.717, 1.165) is 45.3 Å². The van der Waals surface area contributed by atoms with E-state index in [1.165, 1.54) is 5.57 Å². The number of ether oxygens (including phenoxy) is 1. The maximum absolute atomic E-state index is 10.4. The van der Waals surface area contributed by atoms with E-state index in [-0.39, 0.29) is 6.10 Å². The number of aliphatic hydroxyl groups is 1. The maximum Gasteiger partial charge on any atom is 0.0574 e. The average Bonchev–Trinajstić information content (AvgIpc) is 2.29. The molecule has 0 aromatic carbocycles. The van der Waals surface area contributed by atoms with Crippen LogP contribution in [0.25, 0.3) is 0 Å². The van der Waals surface area contributed by atoms with E-state index in [2.05, 4.69) is 19.9 Å². The monoisotopic (exact) mass is 238 g/mol. The molecule has 98 valence electrons. The summed E-state index contributed by atoms with van der Waals surface area (Å²) in [4.78, 5) is 0. The topological polar surface area (TPSA) is 29.5 Å². The van der Waals surface area contributed by atoms with Gasteiger partial charge in [0.1, 0.15) is 0 Å². The lowest BCUT2D eigenvalue weighted by molar-refractivity contribution is 0.0231. The van der Waals surface area contributed by atoms with Gasteiger partial charge in [-0.3, -0.25) is 0 Å². The van der Waals surface area contributed by atoms with Gasteiger partial charge in [0, 0.05) is 13.2 Å². The van der Waals surface area contributed by atoms with Crippen LogP contribution < -0.4 is 0 Å². The van der Waals surface area contributed by atoms with Crippen LogP contribution >= 0.6 is 0 Å². The fourth-order valence-corrected chi connectivity index (χ4v) is 3.41. The van der Waals surface area contributed by atoms with Crippen LogP contribution in [0.4, 0.5) is 0 Å². The van der Waals surface area contributed by atoms with Gasteiger partial charge >= 0.3 is 0 Å². The van der Waals surface area contributed by atoms with E-state index in [4.69, 9.17) is 4.74 Å². The number of aliphatic hydroxyl groups excluding tert-OH is 1. The first-order chi connectivity index (χ1) is 8.15. The lowest BCUT2D eigenvalue weighted by Crippen LogP contribution is -2.29. The van der Waals surface area contributed by atoms with Gasteiger partial charge in [0.25, 0.3) is 0 Å². The summed E-state index contributed by atoms with van der Waals surface area (Å²) >= 11 is 0. The summed E-state index contributed by atoms with van der Waals surface area (Å²) in [7, 11) is 0. The Morgan fingerprint density at radius 2 is 2.12 bits per heavy atom. The highest BCUT2D eigenvalue weighted by Gasteiger charge is 2.27. The van der Waals surface area contributed by atoms with Crippen molar-refractivity contribution in [3.8, 4) is 0 Å². The molecule has 2 rings (SSSR count). The van der Waals surface area contributed by atoms with E-state index in [9.17, 15) is 5.11 Å². The van der Waals surface area contributed by atoms with Crippen molar-refractivity contribution < 1.29 is 9.84 Å². The Balaban J connectivity index is 1.83. The summed E-state index contributed by atoms with van der Waals surface area (Å²) in [5, 5.41) is 10.4. The number of rotatable bonds is 3. The van der Waals surface area contributed by atoms with E-state index in [1.807, 2.05) is 0 Å². The number of hydrogen-bond donors (Lipinski definition) is 1. The molecule has 0 aromatic heterocycles. The molecule has 1 N–H and O–H groups in total. The molecule has 0 aromatic rings. The minimum Gasteiger partial charge on any atom is -0.393 e. The standard InChI is InChI=1S/C15H26O2/c1-11-7-12(2)9-14(8-11)15(16)10-13-3-5-17-6-4-13/h7,11,13-16H,3-6,8-10H2,1-2H3. The van der Waals surface area contributed by atoms with Gasteiger partial charge in [-0.1, -0.05) is 18.6 Å². The summed E-state index contributed by atoms with van der Waals surface area (Å²) in [6.07, 6.45) is 7.74. The van der Waals surface area contributed by atoms with Gasteiger partial charge in [-0.2, -0.15) is 0 Å². The van der Waals surface area contributed by atoms with Crippen LogP contribution in [0, 0.1) is 17.8 Å². The van der Waals surface area contributed by atoms with Crippen LogP contribution in [0.15, 0.2) is 11.6 Å². The Labute approximate surface area is 105 Å². The lowest BCUT2D eigenvalue weighted by Gasteiger charge is -2.32. The van der Waals surface area contributed by atoms with E-state index in [1.54, 1.807) is 0 Å². The molecule has 0 radical (unpaired) electrons. The second-order valence-electron chi connectivity index (χ2n) is 6.05. The highest BCUT2D eigenvalue weighted by atomic mass is 16.5. The zero-order chi connectivity index (χ0) is 12.3. The van der Waals surface area contributed by atoms with Crippen LogP contribution in [0.3, 0.4) is 0 Å². The molecule has 1 saturated heterocycles. The summed E-state index contributed by atoms with van der Waals surface area (Å²) in [5.41, 5.74) is 1.46. The zero-order valence-corrected chi connectivity index (χ0v) is 11.2. The molecule has 3 atom stereocenters. The van der Waals surface area contributed by atoms with Crippen molar-refractivity contribution >= 4 is 0 Å². The van der Waals surface area contributed by atoms with Gasteiger partial charge in [-0.15, -0.1) is 0 Å². The molecular weight excluding hydrogens is 212 g/mol. The van der Waals surface area contributed by atoms with Crippen molar-refractivity contribution in [1.29, 1.82) is 0 Å². The van der Waals surface area contributed by atoms with Crippen LogP contribution in [-0.2, 0) is 4.74 Å². The van der Waals surface area contributed by atoms with Gasteiger partial charge in [-0.25, -0.2) is 0 Å². The largest absolute Gasteiger partial charge is 0.393 e. The van der Waals surface area contributed by atoms with Crippen molar-refractivity contribution in [3.63, 3.8) is 0 Å². The van der Waals surface area contributed by atoms with E-state index >= 15 is 0 Å². The Morgan fingerprint density at radius 1 is 1.41 bits per heavy atom. The molecule has 0 amide bonds. The second-order valence-corrected chi connectivity index (χ2v) is 6.05. The molecule has 0 bridgehead atoms. The summed E-state index contributed by atoms with van der Waals surface area (Å²) in [5.74, 6) is 1.80. The fraction of sp³-hybridized carbons (Fsp3) is 0.867. The third-order valence-electron chi connectivity index (χ3n) is 4.29. The summed E-state index contributed by atoms with van der Waals surface area (Å²) in [6, 6.07) is 0. The van der Waals surface area contributed by atoms with Gasteiger partial charge in [0.05, 0.1) is 6.10 Å². The van der Waals surface area contributed by atoms with Gasteiger partial charge in [0.2, 0.25) is 0 Å². The predicted molar refractivity (Wildman–Crippen MR) is 69.8 cm³/mol. The van der Waals surface area contributed by atoms with Gasteiger partial charge in [-0.05, 0) is 56.8 Å². The first-order valence-electron chi connectivity index (χ1n) is 7.08. The zero-order valence-electron chi connectivity index (χ0n) is 11.2. The first kappa shape index (κ1) is 13.1. The Morgan fingerprint density at radius 3 is 2.76 bits per heavy atom. The SMILES string of the molecule is CC1=CC(C)CC(C(O)CC2CCOCC2)C1. The molecule has 2 nitrogen and oxygen atoms in total. The fourth-order valence-electron chi connectivity index (χ4n) is 3.41. The smallest absolute Gasteiger partial charge is 0.0574 e. The van der Waals surface area contributed by atoms with Crippen molar-refractivity contribution in [2.24, 2.45) is 17.8 Å². The molecule has 1 heterocycles. The molecule has 2 aliphatic rings. The molecule has 1 aliphatic heterocycles. The quantitative estimate of drug-likeness (QED) is 0.765. The molecule has 1 aliphatic carbocycles. The first-order valence-corrected chi connectivity index (χ1v) is 7.08. The van der Waals surface area contributed by atoms with E-state index in [0.29, 0.717) is 17.8 Å². The maximum atomic E-state index is 10.4. The molecule has 0 spiro atoms. The Kier molecular flexibility index (Phi) is 4.63. The van der Waals surface area contributed by atoms with Gasteiger partial charge in [0.15, 0.2) is 0 Å². The molecule has 3 unspecified atom stereocenters. The van der Waals surface area contributed by atoms with E-state index < -0.39 is 0 Å². The van der Waals surface area contributed by atoms with Crippen molar-refractivity contribution in [2.45, 2.75) is 52.1 Å². The minimum absolute atomic E-state index is 0.107. The summed E-state index contributed by atoms with van der Waals surface area (Å²) in [6.45, 7) is 6.23. The van der Waals surface area contributed by atoms with Crippen LogP contribution in [0.1, 0.15) is 46.0 Å². The average molecular weight is 238 g/mol. The lowest BCUT2D eigenvalue weighted by atomic mass is 9.77. The van der Waals surface area contributed by atoms with Crippen molar-refractivity contribution in [3.05, 3.63) is 11.6 Å². The Bertz CT molecular complexity index is 266. The molecular formula is C15H26O2. The van der Waals surface area contributed by atoms with Gasteiger partial charge < -0.3 is 9.84 Å². The number of allylic oxidation sites excluding steroid dienone is 2. The normalized spacial score (nSPS) is 33.2. The van der Waals surface area contributed by atoms with Crippen molar-refractivity contribution in [2.75, 3.05) is 13.2 Å². The minimum atomic E-state index is -0.107. The Hall–Kier alpha value is -0.340.